The molecule has 6 aromatic rings. The summed E-state index contributed by atoms with van der Waals surface area (Å²) in [5.41, 5.74) is 2.50. The minimum atomic E-state index is -0.192. The number of hydrogen-bond donors (Lipinski definition) is 4. The molecule has 0 fully saturated rings. The van der Waals surface area contributed by atoms with Gasteiger partial charge in [-0.3, -0.25) is 19.8 Å². The number of aromatic amines is 2. The second-order valence-corrected chi connectivity index (χ2v) is 9.38. The summed E-state index contributed by atoms with van der Waals surface area (Å²) in [6, 6.07) is 23.8. The van der Waals surface area contributed by atoms with Crippen molar-refractivity contribution in [2.75, 3.05) is 33.2 Å². The van der Waals surface area contributed by atoms with Gasteiger partial charge in [0.05, 0.1) is 0 Å². The van der Waals surface area contributed by atoms with E-state index in [-0.39, 0.29) is 11.8 Å². The number of aromatic nitrogens is 4. The average Bonchev–Trinajstić information content (AvgIpc) is 3.58. The highest BCUT2D eigenvalue weighted by atomic mass is 16.2. The summed E-state index contributed by atoms with van der Waals surface area (Å²) in [6.07, 6.45) is 0. The van der Waals surface area contributed by atoms with Crippen LogP contribution >= 0.6 is 0 Å². The number of carbonyl (C=O) groups excluding carboxylic acids is 2. The lowest BCUT2D eigenvalue weighted by Gasteiger charge is -2.17. The van der Waals surface area contributed by atoms with E-state index in [9.17, 15) is 9.59 Å². The maximum Gasteiger partial charge on any atom is 0.269 e. The fourth-order valence-corrected chi connectivity index (χ4v) is 4.85. The highest BCUT2D eigenvalue weighted by molar-refractivity contribution is 6.13. The van der Waals surface area contributed by atoms with Crippen molar-refractivity contribution in [3.05, 3.63) is 84.2 Å². The lowest BCUT2D eigenvalue weighted by Crippen LogP contribution is -2.37. The molecule has 2 aromatic heterocycles. The topological polar surface area (TPSA) is 119 Å². The van der Waals surface area contributed by atoms with Gasteiger partial charge in [-0.25, -0.2) is 0 Å². The molecular weight excluding hydrogens is 478 g/mol. The Morgan fingerprint density at radius 3 is 1.58 bits per heavy atom. The summed E-state index contributed by atoms with van der Waals surface area (Å²) >= 11 is 0. The van der Waals surface area contributed by atoms with Crippen molar-refractivity contribution < 1.29 is 9.59 Å². The second-order valence-electron chi connectivity index (χ2n) is 9.38. The molecule has 190 valence electrons. The lowest BCUT2D eigenvalue weighted by molar-refractivity contribution is 0.0945. The second kappa shape index (κ2) is 9.95. The van der Waals surface area contributed by atoms with Gasteiger partial charge in [0.2, 0.25) is 0 Å². The van der Waals surface area contributed by atoms with Crippen molar-refractivity contribution in [1.82, 2.24) is 35.9 Å². The quantitative estimate of drug-likeness (QED) is 0.251. The molecule has 9 nitrogen and oxygen atoms in total. The molecule has 0 aliphatic rings. The van der Waals surface area contributed by atoms with Crippen LogP contribution in [0.4, 0.5) is 0 Å². The number of hydrogen-bond acceptors (Lipinski definition) is 5. The minimum absolute atomic E-state index is 0.192. The van der Waals surface area contributed by atoms with Gasteiger partial charge in [0.15, 0.2) is 0 Å². The largest absolute Gasteiger partial charge is 0.349 e. The van der Waals surface area contributed by atoms with Gasteiger partial charge in [0, 0.05) is 47.7 Å². The molecular formula is C29H27N7O2. The smallest absolute Gasteiger partial charge is 0.269 e. The molecule has 38 heavy (non-hydrogen) atoms. The number of nitrogens with one attached hydrogen (secondary N) is 4. The fourth-order valence-electron chi connectivity index (χ4n) is 4.85. The maximum atomic E-state index is 12.8. The van der Waals surface area contributed by atoms with Gasteiger partial charge in [-0.2, -0.15) is 10.2 Å². The Hall–Kier alpha value is -4.76. The molecule has 2 amide bonds. The molecule has 4 aromatic carbocycles. The van der Waals surface area contributed by atoms with E-state index >= 15 is 0 Å². The van der Waals surface area contributed by atoms with Crippen LogP contribution < -0.4 is 10.6 Å². The molecule has 0 saturated carbocycles. The molecule has 4 N–H and O–H groups in total. The third-order valence-corrected chi connectivity index (χ3v) is 6.91. The third kappa shape index (κ3) is 4.33. The molecule has 0 aliphatic carbocycles. The molecule has 6 rings (SSSR count). The van der Waals surface area contributed by atoms with Gasteiger partial charge in [0.25, 0.3) is 11.8 Å². The summed E-state index contributed by atoms with van der Waals surface area (Å²) in [6.45, 7) is 2.20. The van der Waals surface area contributed by atoms with Crippen molar-refractivity contribution in [1.29, 1.82) is 0 Å². The number of carbonyl (C=O) groups is 2. The first-order valence-electron chi connectivity index (χ1n) is 12.6. The van der Waals surface area contributed by atoms with Crippen molar-refractivity contribution in [3.8, 4) is 0 Å². The molecule has 0 unspecified atom stereocenters. The number of likely N-dealkylation sites (N-methyl/N-ethyl adjacent to an activating group) is 1. The maximum absolute atomic E-state index is 12.8. The number of nitrogens with zero attached hydrogens (tertiary/aromatic N) is 3. The number of fused-ring (bicyclic) bond motifs is 6. The standard InChI is InChI=1S/C29H27N7O2/c1-36(16-14-30-28(37)26-22-12-10-18-6-2-4-8-20(18)24(22)32-34-26)17-15-31-29(38)27-23-13-11-19-7-3-5-9-21(19)25(23)33-35-27/h2-13H,14-17H2,1H3,(H,30,37)(H,31,38)(H,32,34)(H,33,35). The molecule has 0 radical (unpaired) electrons. The first-order valence-corrected chi connectivity index (χ1v) is 12.6. The van der Waals surface area contributed by atoms with Crippen LogP contribution in [0.1, 0.15) is 21.0 Å². The Morgan fingerprint density at radius 2 is 1.11 bits per heavy atom. The van der Waals surface area contributed by atoms with E-state index in [1.807, 2.05) is 79.8 Å². The molecule has 0 atom stereocenters. The van der Waals surface area contributed by atoms with Gasteiger partial charge < -0.3 is 15.5 Å². The Morgan fingerprint density at radius 1 is 0.658 bits per heavy atom. The number of amides is 2. The minimum Gasteiger partial charge on any atom is -0.349 e. The van der Waals surface area contributed by atoms with E-state index in [1.54, 1.807) is 0 Å². The van der Waals surface area contributed by atoms with Crippen LogP contribution in [-0.4, -0.2) is 70.3 Å². The van der Waals surface area contributed by atoms with Crippen molar-refractivity contribution in [2.45, 2.75) is 0 Å². The fraction of sp³-hybridized carbons (Fsp3) is 0.172. The Bertz CT molecular complexity index is 1670. The summed E-state index contributed by atoms with van der Waals surface area (Å²) in [5.74, 6) is -0.383. The van der Waals surface area contributed by atoms with Crippen LogP contribution in [0.15, 0.2) is 72.8 Å². The van der Waals surface area contributed by atoms with E-state index in [4.69, 9.17) is 0 Å². The van der Waals surface area contributed by atoms with Gasteiger partial charge >= 0.3 is 0 Å². The summed E-state index contributed by atoms with van der Waals surface area (Å²) in [5, 5.41) is 26.3. The van der Waals surface area contributed by atoms with Gasteiger partial charge in [-0.1, -0.05) is 60.7 Å². The number of benzene rings is 4. The first kappa shape index (κ1) is 23.6. The molecule has 0 bridgehead atoms. The van der Waals surface area contributed by atoms with Crippen molar-refractivity contribution in [2.24, 2.45) is 0 Å². The monoisotopic (exact) mass is 505 g/mol. The van der Waals surface area contributed by atoms with E-state index in [0.29, 0.717) is 37.6 Å². The highest BCUT2D eigenvalue weighted by Gasteiger charge is 2.16. The number of H-pyrrole nitrogens is 2. The molecule has 0 saturated heterocycles. The van der Waals surface area contributed by atoms with Crippen LogP contribution in [0, 0.1) is 0 Å². The Kier molecular flexibility index (Phi) is 6.19. The Labute approximate surface area is 218 Å². The zero-order valence-electron chi connectivity index (χ0n) is 20.9. The van der Waals surface area contributed by atoms with Gasteiger partial charge in [-0.05, 0) is 30.0 Å². The van der Waals surface area contributed by atoms with E-state index in [1.165, 1.54) is 0 Å². The van der Waals surface area contributed by atoms with Gasteiger partial charge in [-0.15, -0.1) is 0 Å². The van der Waals surface area contributed by atoms with Crippen molar-refractivity contribution in [3.63, 3.8) is 0 Å². The normalized spacial score (nSPS) is 11.6. The van der Waals surface area contributed by atoms with Crippen LogP contribution in [0.2, 0.25) is 0 Å². The first-order chi connectivity index (χ1) is 18.6. The highest BCUT2D eigenvalue weighted by Crippen LogP contribution is 2.26. The van der Waals surface area contributed by atoms with Crippen LogP contribution in [-0.2, 0) is 0 Å². The van der Waals surface area contributed by atoms with Crippen LogP contribution in [0.3, 0.4) is 0 Å². The van der Waals surface area contributed by atoms with Crippen LogP contribution in [0.5, 0.6) is 0 Å². The van der Waals surface area contributed by atoms with Crippen molar-refractivity contribution >= 4 is 55.2 Å². The van der Waals surface area contributed by atoms with E-state index < -0.39 is 0 Å². The predicted molar refractivity (Wildman–Crippen MR) is 149 cm³/mol. The Balaban J connectivity index is 1.00. The summed E-state index contributed by atoms with van der Waals surface area (Å²) in [4.78, 5) is 27.6. The number of rotatable bonds is 8. The molecule has 0 aliphatic heterocycles. The molecule has 9 heteroatoms. The molecule has 0 spiro atoms. The zero-order valence-corrected chi connectivity index (χ0v) is 20.9. The summed E-state index contributed by atoms with van der Waals surface area (Å²) in [7, 11) is 1.95. The third-order valence-electron chi connectivity index (χ3n) is 6.91. The lowest BCUT2D eigenvalue weighted by atomic mass is 10.1. The molecule has 2 heterocycles. The zero-order chi connectivity index (χ0) is 26.1. The summed E-state index contributed by atoms with van der Waals surface area (Å²) < 4.78 is 0. The van der Waals surface area contributed by atoms with Gasteiger partial charge in [0.1, 0.15) is 22.4 Å². The average molecular weight is 506 g/mol. The predicted octanol–water partition coefficient (Wildman–Crippen LogP) is 3.84. The van der Waals surface area contributed by atoms with Crippen LogP contribution in [0.25, 0.3) is 43.4 Å². The van der Waals surface area contributed by atoms with E-state index in [0.717, 1.165) is 43.4 Å². The SMILES string of the molecule is CN(CCNC(=O)c1[nH]nc2c1ccc1ccccc12)CCNC(=O)c1[nH]nc2c1ccc1ccccc12. The van der Waals surface area contributed by atoms with E-state index in [2.05, 4.69) is 35.9 Å².